The van der Waals surface area contributed by atoms with E-state index in [0.717, 1.165) is 0 Å². The van der Waals surface area contributed by atoms with Crippen molar-refractivity contribution in [2.75, 3.05) is 5.32 Å². The number of carbonyl (C=O) groups is 1. The molecule has 0 aliphatic carbocycles. The molecule has 4 heteroatoms. The summed E-state index contributed by atoms with van der Waals surface area (Å²) in [6, 6.07) is 10.9. The van der Waals surface area contributed by atoms with Crippen LogP contribution in [0.1, 0.15) is 35.7 Å². The Kier molecular flexibility index (Phi) is 4.03. The van der Waals surface area contributed by atoms with Gasteiger partial charge in [0.1, 0.15) is 5.56 Å². The Labute approximate surface area is 118 Å². The molecule has 0 fully saturated rings. The minimum absolute atomic E-state index is 0.142. The Hall–Kier alpha value is -2.36. The Morgan fingerprint density at radius 3 is 2.40 bits per heavy atom. The van der Waals surface area contributed by atoms with Crippen LogP contribution in [0.25, 0.3) is 0 Å². The molecule has 0 unspecified atom stereocenters. The largest absolute Gasteiger partial charge is 0.322 e. The van der Waals surface area contributed by atoms with Crippen LogP contribution < -0.4 is 10.9 Å². The Morgan fingerprint density at radius 2 is 1.80 bits per heavy atom. The van der Waals surface area contributed by atoms with Crippen LogP contribution in [0.2, 0.25) is 0 Å². The van der Waals surface area contributed by atoms with E-state index in [9.17, 15) is 9.59 Å². The molecule has 0 radical (unpaired) electrons. The SMILES string of the molecule is CC(C)c1ccc(NC(=O)c2cccn(C)c2=O)cc1. The third-order valence-electron chi connectivity index (χ3n) is 3.20. The number of amides is 1. The average molecular weight is 270 g/mol. The lowest BCUT2D eigenvalue weighted by Crippen LogP contribution is -2.26. The molecule has 1 N–H and O–H groups in total. The molecule has 4 nitrogen and oxygen atoms in total. The summed E-state index contributed by atoms with van der Waals surface area (Å²) >= 11 is 0. The lowest BCUT2D eigenvalue weighted by molar-refractivity contribution is 0.102. The maximum Gasteiger partial charge on any atom is 0.263 e. The Morgan fingerprint density at radius 1 is 1.15 bits per heavy atom. The van der Waals surface area contributed by atoms with Gasteiger partial charge in [0.25, 0.3) is 11.5 Å². The average Bonchev–Trinajstić information content (AvgIpc) is 2.42. The quantitative estimate of drug-likeness (QED) is 0.932. The van der Waals surface area contributed by atoms with Crippen molar-refractivity contribution in [2.45, 2.75) is 19.8 Å². The van der Waals surface area contributed by atoms with Gasteiger partial charge in [-0.05, 0) is 35.7 Å². The summed E-state index contributed by atoms with van der Waals surface area (Å²) in [5.41, 5.74) is 1.73. The molecule has 2 rings (SSSR count). The highest BCUT2D eigenvalue weighted by Gasteiger charge is 2.11. The van der Waals surface area contributed by atoms with Gasteiger partial charge in [-0.25, -0.2) is 0 Å². The number of anilines is 1. The van der Waals surface area contributed by atoms with Crippen LogP contribution >= 0.6 is 0 Å². The molecule has 0 saturated heterocycles. The highest BCUT2D eigenvalue weighted by atomic mass is 16.2. The number of nitrogens with one attached hydrogen (secondary N) is 1. The topological polar surface area (TPSA) is 51.1 Å². The number of rotatable bonds is 3. The van der Waals surface area contributed by atoms with E-state index in [4.69, 9.17) is 0 Å². The minimum atomic E-state index is -0.386. The summed E-state index contributed by atoms with van der Waals surface area (Å²) in [5.74, 6) is 0.0599. The van der Waals surface area contributed by atoms with Crippen molar-refractivity contribution < 1.29 is 4.79 Å². The van der Waals surface area contributed by atoms with Crippen molar-refractivity contribution in [1.82, 2.24) is 4.57 Å². The number of aryl methyl sites for hydroxylation is 1. The van der Waals surface area contributed by atoms with Crippen LogP contribution in [0.3, 0.4) is 0 Å². The number of nitrogens with zero attached hydrogens (tertiary/aromatic N) is 1. The van der Waals surface area contributed by atoms with Gasteiger partial charge in [0, 0.05) is 18.9 Å². The van der Waals surface area contributed by atoms with E-state index in [0.29, 0.717) is 11.6 Å². The molecule has 0 bridgehead atoms. The maximum absolute atomic E-state index is 12.1. The normalized spacial score (nSPS) is 10.6. The molecule has 1 aromatic carbocycles. The van der Waals surface area contributed by atoms with Crippen molar-refractivity contribution in [2.24, 2.45) is 7.05 Å². The Balaban J connectivity index is 2.19. The molecule has 20 heavy (non-hydrogen) atoms. The summed E-state index contributed by atoms with van der Waals surface area (Å²) in [7, 11) is 1.62. The zero-order chi connectivity index (χ0) is 14.7. The van der Waals surface area contributed by atoms with E-state index in [1.165, 1.54) is 16.2 Å². The molecule has 1 amide bonds. The van der Waals surface area contributed by atoms with E-state index < -0.39 is 0 Å². The van der Waals surface area contributed by atoms with E-state index in [1.807, 2.05) is 24.3 Å². The first-order valence-electron chi connectivity index (χ1n) is 6.56. The van der Waals surface area contributed by atoms with E-state index in [2.05, 4.69) is 19.2 Å². The van der Waals surface area contributed by atoms with Crippen molar-refractivity contribution in [1.29, 1.82) is 0 Å². The molecular formula is C16H18N2O2. The summed E-state index contributed by atoms with van der Waals surface area (Å²) in [6.07, 6.45) is 1.62. The van der Waals surface area contributed by atoms with Gasteiger partial charge < -0.3 is 9.88 Å². The molecule has 1 aromatic heterocycles. The predicted octanol–water partition coefficient (Wildman–Crippen LogP) is 2.76. The molecule has 0 aliphatic heterocycles. The Bertz CT molecular complexity index is 670. The summed E-state index contributed by atoms with van der Waals surface area (Å²) in [5, 5.41) is 2.74. The molecule has 104 valence electrons. The fourth-order valence-corrected chi connectivity index (χ4v) is 1.92. The number of benzene rings is 1. The van der Waals surface area contributed by atoms with Crippen LogP contribution in [0.4, 0.5) is 5.69 Å². The van der Waals surface area contributed by atoms with Crippen molar-refractivity contribution in [3.05, 3.63) is 64.1 Å². The second-order valence-electron chi connectivity index (χ2n) is 5.07. The summed E-state index contributed by atoms with van der Waals surface area (Å²) < 4.78 is 1.39. The van der Waals surface area contributed by atoms with Crippen LogP contribution in [0, 0.1) is 0 Å². The lowest BCUT2D eigenvalue weighted by Gasteiger charge is -2.08. The fraction of sp³-hybridized carbons (Fsp3) is 0.250. The monoisotopic (exact) mass is 270 g/mol. The fourth-order valence-electron chi connectivity index (χ4n) is 1.92. The predicted molar refractivity (Wildman–Crippen MR) is 80.2 cm³/mol. The first kappa shape index (κ1) is 14.1. The van der Waals surface area contributed by atoms with Crippen molar-refractivity contribution in [3.63, 3.8) is 0 Å². The van der Waals surface area contributed by atoms with Gasteiger partial charge in [0.15, 0.2) is 0 Å². The van der Waals surface area contributed by atoms with Gasteiger partial charge in [-0.1, -0.05) is 26.0 Å². The second-order valence-corrected chi connectivity index (χ2v) is 5.07. The zero-order valence-electron chi connectivity index (χ0n) is 11.9. The molecule has 0 atom stereocenters. The number of aromatic nitrogens is 1. The van der Waals surface area contributed by atoms with Gasteiger partial charge in [-0.3, -0.25) is 9.59 Å². The van der Waals surface area contributed by atoms with Crippen LogP contribution in [0.5, 0.6) is 0 Å². The number of hydrogen-bond donors (Lipinski definition) is 1. The first-order valence-corrected chi connectivity index (χ1v) is 6.56. The van der Waals surface area contributed by atoms with Gasteiger partial charge in [0.05, 0.1) is 0 Å². The van der Waals surface area contributed by atoms with Crippen LogP contribution in [-0.2, 0) is 7.05 Å². The van der Waals surface area contributed by atoms with E-state index >= 15 is 0 Å². The van der Waals surface area contributed by atoms with E-state index in [-0.39, 0.29) is 17.0 Å². The smallest absolute Gasteiger partial charge is 0.263 e. The second kappa shape index (κ2) is 5.74. The highest BCUT2D eigenvalue weighted by Crippen LogP contribution is 2.17. The third kappa shape index (κ3) is 2.96. The summed E-state index contributed by atoms with van der Waals surface area (Å²) in [4.78, 5) is 23.9. The lowest BCUT2D eigenvalue weighted by atomic mass is 10.0. The van der Waals surface area contributed by atoms with Crippen molar-refractivity contribution in [3.8, 4) is 0 Å². The molecule has 0 aliphatic rings. The maximum atomic E-state index is 12.1. The van der Waals surface area contributed by atoms with Crippen LogP contribution in [0.15, 0.2) is 47.4 Å². The first-order chi connectivity index (χ1) is 9.49. The number of carbonyl (C=O) groups excluding carboxylic acids is 1. The molecular weight excluding hydrogens is 252 g/mol. The molecule has 0 spiro atoms. The van der Waals surface area contributed by atoms with Crippen molar-refractivity contribution >= 4 is 11.6 Å². The molecule has 1 heterocycles. The molecule has 2 aromatic rings. The highest BCUT2D eigenvalue weighted by molar-refractivity contribution is 6.03. The van der Waals surface area contributed by atoms with Crippen LogP contribution in [-0.4, -0.2) is 10.5 Å². The standard InChI is InChI=1S/C16H18N2O2/c1-11(2)12-6-8-13(9-7-12)17-15(19)14-5-4-10-18(3)16(14)20/h4-11H,1-3H3,(H,17,19). The number of hydrogen-bond acceptors (Lipinski definition) is 2. The van der Waals surface area contributed by atoms with E-state index in [1.54, 1.807) is 19.3 Å². The van der Waals surface area contributed by atoms with Gasteiger partial charge >= 0.3 is 0 Å². The third-order valence-corrected chi connectivity index (χ3v) is 3.20. The molecule has 0 saturated carbocycles. The minimum Gasteiger partial charge on any atom is -0.322 e. The zero-order valence-corrected chi connectivity index (χ0v) is 11.9. The van der Waals surface area contributed by atoms with Gasteiger partial charge in [-0.15, -0.1) is 0 Å². The summed E-state index contributed by atoms with van der Waals surface area (Å²) in [6.45, 7) is 4.22. The van der Waals surface area contributed by atoms with Gasteiger partial charge in [0.2, 0.25) is 0 Å². The number of pyridine rings is 1. The van der Waals surface area contributed by atoms with Gasteiger partial charge in [-0.2, -0.15) is 0 Å².